The van der Waals surface area contributed by atoms with Crippen LogP contribution >= 0.6 is 0 Å². The van der Waals surface area contributed by atoms with Gasteiger partial charge in [0.25, 0.3) is 0 Å². The zero-order valence-corrected chi connectivity index (χ0v) is 14.4. The van der Waals surface area contributed by atoms with E-state index in [1.807, 2.05) is 14.0 Å². The molecule has 1 fully saturated rings. The third-order valence-corrected chi connectivity index (χ3v) is 4.46. The van der Waals surface area contributed by atoms with Crippen LogP contribution in [0.3, 0.4) is 0 Å². The Balaban J connectivity index is 2.48. The van der Waals surface area contributed by atoms with Crippen molar-refractivity contribution >= 4 is 5.97 Å². The number of nitrogens with zero attached hydrogens (tertiary/aromatic N) is 1. The summed E-state index contributed by atoms with van der Waals surface area (Å²) in [7, 11) is 1.84. The molecule has 0 aliphatic heterocycles. The largest absolute Gasteiger partial charge is 0.465 e. The summed E-state index contributed by atoms with van der Waals surface area (Å²) in [5.74, 6) is 0.620. The van der Waals surface area contributed by atoms with Gasteiger partial charge in [0.15, 0.2) is 0 Å². The molecule has 1 aliphatic rings. The fourth-order valence-electron chi connectivity index (χ4n) is 3.09. The Hall–Kier alpha value is -0.610. The van der Waals surface area contributed by atoms with Crippen molar-refractivity contribution in [2.45, 2.75) is 71.4 Å². The summed E-state index contributed by atoms with van der Waals surface area (Å²) in [5, 5.41) is 3.10. The molecule has 1 unspecified atom stereocenters. The number of carbonyl (C=O) groups excluding carboxylic acids is 1. The summed E-state index contributed by atoms with van der Waals surface area (Å²) in [6.45, 7) is 9.02. The Morgan fingerprint density at radius 2 is 1.86 bits per heavy atom. The lowest BCUT2D eigenvalue weighted by molar-refractivity contribution is -0.145. The Morgan fingerprint density at radius 3 is 2.38 bits per heavy atom. The topological polar surface area (TPSA) is 41.6 Å². The predicted octanol–water partition coefficient (Wildman–Crippen LogP) is 2.82. The van der Waals surface area contributed by atoms with E-state index >= 15 is 0 Å². The summed E-state index contributed by atoms with van der Waals surface area (Å²) in [4.78, 5) is 14.5. The quantitative estimate of drug-likeness (QED) is 0.630. The van der Waals surface area contributed by atoms with Crippen LogP contribution in [-0.4, -0.2) is 49.7 Å². The van der Waals surface area contributed by atoms with Crippen molar-refractivity contribution in [3.8, 4) is 0 Å². The fraction of sp³-hybridized carbons (Fsp3) is 0.941. The van der Waals surface area contributed by atoms with Gasteiger partial charge in [0.1, 0.15) is 6.04 Å². The second-order valence-corrected chi connectivity index (χ2v) is 6.54. The summed E-state index contributed by atoms with van der Waals surface area (Å²) in [5.41, 5.74) is 0. The maximum Gasteiger partial charge on any atom is 0.323 e. The van der Waals surface area contributed by atoms with Crippen LogP contribution in [0, 0.1) is 5.92 Å². The van der Waals surface area contributed by atoms with Gasteiger partial charge in [-0.05, 0) is 52.1 Å². The average Bonchev–Trinajstić information content (AvgIpc) is 2.96. The van der Waals surface area contributed by atoms with Crippen molar-refractivity contribution in [1.29, 1.82) is 0 Å². The number of hydrogen-bond acceptors (Lipinski definition) is 4. The summed E-state index contributed by atoms with van der Waals surface area (Å²) >= 11 is 0. The molecule has 4 nitrogen and oxygen atoms in total. The SMILES string of the molecule is CCOC(=O)C(CCN(CCC(C)C)C1CCCC1)NC. The molecule has 0 aromatic rings. The molecule has 1 rings (SSSR count). The molecule has 21 heavy (non-hydrogen) atoms. The van der Waals surface area contributed by atoms with Gasteiger partial charge in [-0.1, -0.05) is 26.7 Å². The molecular weight excluding hydrogens is 264 g/mol. The average molecular weight is 298 g/mol. The lowest BCUT2D eigenvalue weighted by Crippen LogP contribution is -2.42. The molecule has 1 saturated carbocycles. The lowest BCUT2D eigenvalue weighted by Gasteiger charge is -2.30. The van der Waals surface area contributed by atoms with E-state index in [0.29, 0.717) is 6.61 Å². The van der Waals surface area contributed by atoms with Crippen molar-refractivity contribution in [2.24, 2.45) is 5.92 Å². The summed E-state index contributed by atoms with van der Waals surface area (Å²) in [6, 6.07) is 0.552. The smallest absolute Gasteiger partial charge is 0.323 e. The normalized spacial score (nSPS) is 17.6. The molecular formula is C17H34N2O2. The Bertz CT molecular complexity index is 289. The molecule has 4 heteroatoms. The van der Waals surface area contributed by atoms with Gasteiger partial charge in [0.05, 0.1) is 6.61 Å². The van der Waals surface area contributed by atoms with Gasteiger partial charge in [0, 0.05) is 12.6 Å². The van der Waals surface area contributed by atoms with E-state index in [1.165, 1.54) is 32.1 Å². The van der Waals surface area contributed by atoms with Gasteiger partial charge in [-0.2, -0.15) is 0 Å². The third kappa shape index (κ3) is 6.79. The molecule has 0 aromatic heterocycles. The molecule has 0 spiro atoms. The lowest BCUT2D eigenvalue weighted by atomic mass is 10.1. The van der Waals surface area contributed by atoms with Gasteiger partial charge >= 0.3 is 5.97 Å². The zero-order chi connectivity index (χ0) is 15.7. The number of nitrogens with one attached hydrogen (secondary N) is 1. The summed E-state index contributed by atoms with van der Waals surface area (Å²) in [6.07, 6.45) is 7.43. The number of hydrogen-bond donors (Lipinski definition) is 1. The Morgan fingerprint density at radius 1 is 1.24 bits per heavy atom. The molecule has 0 aromatic carbocycles. The number of likely N-dealkylation sites (N-methyl/N-ethyl adjacent to an activating group) is 1. The molecule has 0 amide bonds. The van der Waals surface area contributed by atoms with E-state index in [1.54, 1.807) is 0 Å². The van der Waals surface area contributed by atoms with Crippen molar-refractivity contribution in [3.05, 3.63) is 0 Å². The first-order chi connectivity index (χ1) is 10.1. The first-order valence-corrected chi connectivity index (χ1v) is 8.66. The molecule has 0 heterocycles. The van der Waals surface area contributed by atoms with Crippen LogP contribution in [-0.2, 0) is 9.53 Å². The van der Waals surface area contributed by atoms with Crippen LogP contribution in [0.5, 0.6) is 0 Å². The van der Waals surface area contributed by atoms with E-state index in [9.17, 15) is 4.79 Å². The standard InChI is InChI=1S/C17H34N2O2/c1-5-21-17(20)16(18-4)11-13-19(12-10-14(2)3)15-8-6-7-9-15/h14-16,18H,5-13H2,1-4H3. The first-order valence-electron chi connectivity index (χ1n) is 8.66. The molecule has 0 saturated heterocycles. The van der Waals surface area contributed by atoms with Gasteiger partial charge in [-0.15, -0.1) is 0 Å². The van der Waals surface area contributed by atoms with Crippen LogP contribution < -0.4 is 5.32 Å². The van der Waals surface area contributed by atoms with Crippen LogP contribution in [0.4, 0.5) is 0 Å². The Kier molecular flexibility index (Phi) is 8.93. The molecule has 1 atom stereocenters. The molecule has 1 aliphatic carbocycles. The molecule has 1 N–H and O–H groups in total. The minimum absolute atomic E-state index is 0.116. The van der Waals surface area contributed by atoms with Crippen LogP contribution in [0.1, 0.15) is 59.3 Å². The van der Waals surface area contributed by atoms with E-state index < -0.39 is 0 Å². The van der Waals surface area contributed by atoms with E-state index in [-0.39, 0.29) is 12.0 Å². The van der Waals surface area contributed by atoms with Crippen LogP contribution in [0.25, 0.3) is 0 Å². The number of carbonyl (C=O) groups is 1. The number of ether oxygens (including phenoxy) is 1. The van der Waals surface area contributed by atoms with Gasteiger partial charge in [-0.25, -0.2) is 0 Å². The maximum atomic E-state index is 11.9. The van der Waals surface area contributed by atoms with E-state index in [2.05, 4.69) is 24.1 Å². The Labute approximate surface area is 130 Å². The van der Waals surface area contributed by atoms with Crippen molar-refractivity contribution in [3.63, 3.8) is 0 Å². The molecule has 0 radical (unpaired) electrons. The molecule has 0 bridgehead atoms. The van der Waals surface area contributed by atoms with Crippen LogP contribution in [0.15, 0.2) is 0 Å². The highest BCUT2D eigenvalue weighted by Gasteiger charge is 2.25. The van der Waals surface area contributed by atoms with Crippen molar-refractivity contribution in [2.75, 3.05) is 26.7 Å². The third-order valence-electron chi connectivity index (χ3n) is 4.46. The maximum absolute atomic E-state index is 11.9. The van der Waals surface area contributed by atoms with E-state index in [0.717, 1.165) is 31.5 Å². The van der Waals surface area contributed by atoms with Gasteiger partial charge in [-0.3, -0.25) is 4.79 Å². The second kappa shape index (κ2) is 10.2. The van der Waals surface area contributed by atoms with Crippen molar-refractivity contribution in [1.82, 2.24) is 10.2 Å². The highest BCUT2D eigenvalue weighted by molar-refractivity contribution is 5.75. The molecule has 124 valence electrons. The van der Waals surface area contributed by atoms with Crippen LogP contribution in [0.2, 0.25) is 0 Å². The second-order valence-electron chi connectivity index (χ2n) is 6.54. The van der Waals surface area contributed by atoms with Gasteiger partial charge in [0.2, 0.25) is 0 Å². The predicted molar refractivity (Wildman–Crippen MR) is 87.4 cm³/mol. The van der Waals surface area contributed by atoms with Gasteiger partial charge < -0.3 is 15.0 Å². The monoisotopic (exact) mass is 298 g/mol. The number of esters is 1. The van der Waals surface area contributed by atoms with E-state index in [4.69, 9.17) is 4.74 Å². The van der Waals surface area contributed by atoms with Crippen molar-refractivity contribution < 1.29 is 9.53 Å². The highest BCUT2D eigenvalue weighted by Crippen LogP contribution is 2.24. The summed E-state index contributed by atoms with van der Waals surface area (Å²) < 4.78 is 5.13. The zero-order valence-electron chi connectivity index (χ0n) is 14.4. The highest BCUT2D eigenvalue weighted by atomic mass is 16.5. The number of rotatable bonds is 10. The minimum Gasteiger partial charge on any atom is -0.465 e. The fourth-order valence-corrected chi connectivity index (χ4v) is 3.09. The first kappa shape index (κ1) is 18.4. The minimum atomic E-state index is -0.173.